The second kappa shape index (κ2) is 6.76. The topological polar surface area (TPSA) is 92.2 Å². The molecule has 2 aromatic carbocycles. The van der Waals surface area contributed by atoms with Crippen LogP contribution in [0.15, 0.2) is 50.5 Å². The third-order valence-corrected chi connectivity index (χ3v) is 5.55. The number of fused-ring (bicyclic) bond motifs is 1. The van der Waals surface area contributed by atoms with Gasteiger partial charge >= 0.3 is 5.76 Å². The molecule has 0 bridgehead atoms. The maximum Gasteiger partial charge on any atom is 0.417 e. The van der Waals surface area contributed by atoms with Crippen molar-refractivity contribution in [3.63, 3.8) is 0 Å². The molecule has 0 aliphatic rings. The zero-order valence-electron chi connectivity index (χ0n) is 14.1. The number of oxazole rings is 1. The van der Waals surface area contributed by atoms with Crippen molar-refractivity contribution in [2.24, 2.45) is 0 Å². The highest BCUT2D eigenvalue weighted by Gasteiger charge is 2.19. The van der Waals surface area contributed by atoms with Gasteiger partial charge in [0.15, 0.2) is 5.58 Å². The predicted molar refractivity (Wildman–Crippen MR) is 97.4 cm³/mol. The number of sulfonamides is 1. The van der Waals surface area contributed by atoms with Crippen LogP contribution < -0.4 is 10.5 Å². The number of hydrogen-bond acceptors (Lipinski definition) is 4. The largest absolute Gasteiger partial charge is 0.417 e. The van der Waals surface area contributed by atoms with E-state index in [1.807, 2.05) is 12.1 Å². The molecule has 0 saturated carbocycles. The van der Waals surface area contributed by atoms with Gasteiger partial charge in [0, 0.05) is 11.8 Å². The minimum atomic E-state index is -3.78. The van der Waals surface area contributed by atoms with E-state index in [0.717, 1.165) is 19.3 Å². The number of aryl methyl sites for hydroxylation is 2. The Morgan fingerprint density at radius 3 is 2.56 bits per heavy atom. The van der Waals surface area contributed by atoms with Crippen molar-refractivity contribution in [1.29, 1.82) is 0 Å². The highest BCUT2D eigenvalue weighted by molar-refractivity contribution is 7.92. The highest BCUT2D eigenvalue weighted by atomic mass is 32.2. The van der Waals surface area contributed by atoms with Gasteiger partial charge in [0.25, 0.3) is 10.0 Å². The van der Waals surface area contributed by atoms with Crippen LogP contribution in [0.3, 0.4) is 0 Å². The minimum absolute atomic E-state index is 0.0813. The van der Waals surface area contributed by atoms with Crippen LogP contribution in [0.2, 0.25) is 0 Å². The Morgan fingerprint density at radius 2 is 1.88 bits per heavy atom. The lowest BCUT2D eigenvalue weighted by Crippen LogP contribution is -2.14. The fourth-order valence-electron chi connectivity index (χ4n) is 2.71. The van der Waals surface area contributed by atoms with Crippen LogP contribution in [0.25, 0.3) is 11.1 Å². The fourth-order valence-corrected chi connectivity index (χ4v) is 4.01. The molecule has 7 heteroatoms. The molecule has 3 rings (SSSR count). The molecular weight excluding hydrogens is 340 g/mol. The number of rotatable bonds is 6. The third-order valence-electron chi connectivity index (χ3n) is 4.03. The smallest absolute Gasteiger partial charge is 0.408 e. The van der Waals surface area contributed by atoms with Gasteiger partial charge in [0.2, 0.25) is 0 Å². The number of hydrogen-bond donors (Lipinski definition) is 2. The standard InChI is InChI=1S/C18H20N2O4S/c1-3-4-5-13-6-8-14(9-7-13)20-25(22,23)17-11-16-15(10-12(17)2)19-18(21)24-16/h6-11,20H,3-5H2,1-2H3,(H,19,21). The maximum atomic E-state index is 12.7. The molecule has 0 atom stereocenters. The van der Waals surface area contributed by atoms with Crippen LogP contribution in [-0.4, -0.2) is 13.4 Å². The molecule has 0 aliphatic carbocycles. The summed E-state index contributed by atoms with van der Waals surface area (Å²) in [6.45, 7) is 3.81. The van der Waals surface area contributed by atoms with Crippen molar-refractivity contribution < 1.29 is 12.8 Å². The van der Waals surface area contributed by atoms with Crippen LogP contribution in [0.4, 0.5) is 5.69 Å². The summed E-state index contributed by atoms with van der Waals surface area (Å²) in [4.78, 5) is 13.9. The molecule has 0 amide bonds. The number of H-pyrrole nitrogens is 1. The quantitative estimate of drug-likeness (QED) is 0.703. The summed E-state index contributed by atoms with van der Waals surface area (Å²) < 4.78 is 32.9. The van der Waals surface area contributed by atoms with Crippen molar-refractivity contribution in [3.8, 4) is 0 Å². The average Bonchev–Trinajstić information content (AvgIpc) is 2.92. The lowest BCUT2D eigenvalue weighted by molar-refractivity contribution is 0.554. The summed E-state index contributed by atoms with van der Waals surface area (Å²) in [7, 11) is -3.78. The first-order valence-corrected chi connectivity index (χ1v) is 9.62. The molecule has 3 aromatic rings. The molecule has 1 heterocycles. The predicted octanol–water partition coefficient (Wildman–Crippen LogP) is 3.57. The molecule has 0 unspecified atom stereocenters. The number of benzene rings is 2. The van der Waals surface area contributed by atoms with E-state index in [2.05, 4.69) is 16.6 Å². The number of aromatic nitrogens is 1. The van der Waals surface area contributed by atoms with Crippen LogP contribution in [0, 0.1) is 6.92 Å². The van der Waals surface area contributed by atoms with Gasteiger partial charge in [-0.15, -0.1) is 0 Å². The van der Waals surface area contributed by atoms with E-state index in [9.17, 15) is 13.2 Å². The molecule has 1 aromatic heterocycles. The lowest BCUT2D eigenvalue weighted by Gasteiger charge is -2.11. The first kappa shape index (κ1) is 17.3. The lowest BCUT2D eigenvalue weighted by atomic mass is 10.1. The van der Waals surface area contributed by atoms with Gasteiger partial charge in [-0.25, -0.2) is 13.2 Å². The number of aromatic amines is 1. The van der Waals surface area contributed by atoms with E-state index < -0.39 is 15.8 Å². The van der Waals surface area contributed by atoms with Gasteiger partial charge < -0.3 is 4.42 Å². The molecule has 0 spiro atoms. The van der Waals surface area contributed by atoms with Gasteiger partial charge in [0.1, 0.15) is 0 Å². The molecule has 0 radical (unpaired) electrons. The molecule has 0 fully saturated rings. The van der Waals surface area contributed by atoms with Crippen molar-refractivity contribution in [2.45, 2.75) is 38.0 Å². The van der Waals surface area contributed by atoms with E-state index >= 15 is 0 Å². The summed E-state index contributed by atoms with van der Waals surface area (Å²) in [5.74, 6) is -0.612. The van der Waals surface area contributed by atoms with Gasteiger partial charge in [0.05, 0.1) is 10.4 Å². The summed E-state index contributed by atoms with van der Waals surface area (Å²) in [6.07, 6.45) is 3.20. The summed E-state index contributed by atoms with van der Waals surface area (Å²) in [6, 6.07) is 10.3. The van der Waals surface area contributed by atoms with Crippen LogP contribution >= 0.6 is 0 Å². The highest BCUT2D eigenvalue weighted by Crippen LogP contribution is 2.24. The summed E-state index contributed by atoms with van der Waals surface area (Å²) >= 11 is 0. The monoisotopic (exact) mass is 360 g/mol. The van der Waals surface area contributed by atoms with Gasteiger partial charge in [-0.05, 0) is 49.1 Å². The van der Waals surface area contributed by atoms with Crippen molar-refractivity contribution in [2.75, 3.05) is 4.72 Å². The Bertz CT molecular complexity index is 1050. The SMILES string of the molecule is CCCCc1ccc(NS(=O)(=O)c2cc3oc(=O)[nH]c3cc2C)cc1. The van der Waals surface area contributed by atoms with E-state index in [0.29, 0.717) is 16.8 Å². The van der Waals surface area contributed by atoms with Gasteiger partial charge in [-0.2, -0.15) is 0 Å². The van der Waals surface area contributed by atoms with E-state index in [4.69, 9.17) is 4.42 Å². The van der Waals surface area contributed by atoms with Crippen molar-refractivity contribution in [3.05, 3.63) is 58.1 Å². The molecule has 2 N–H and O–H groups in total. The van der Waals surface area contributed by atoms with E-state index in [-0.39, 0.29) is 10.5 Å². The van der Waals surface area contributed by atoms with Crippen molar-refractivity contribution >= 4 is 26.8 Å². The Kier molecular flexibility index (Phi) is 4.67. The van der Waals surface area contributed by atoms with Crippen LogP contribution in [0.1, 0.15) is 30.9 Å². The Balaban J connectivity index is 1.88. The molecular formula is C18H20N2O4S. The Labute approximate surface area is 145 Å². The normalized spacial score (nSPS) is 11.8. The van der Waals surface area contributed by atoms with Gasteiger partial charge in [-0.3, -0.25) is 9.71 Å². The first-order chi connectivity index (χ1) is 11.9. The van der Waals surface area contributed by atoms with Crippen LogP contribution in [-0.2, 0) is 16.4 Å². The Morgan fingerprint density at radius 1 is 1.16 bits per heavy atom. The molecule has 6 nitrogen and oxygen atoms in total. The average molecular weight is 360 g/mol. The second-order valence-electron chi connectivity index (χ2n) is 6.03. The van der Waals surface area contributed by atoms with E-state index in [1.54, 1.807) is 25.1 Å². The second-order valence-corrected chi connectivity index (χ2v) is 7.69. The zero-order valence-corrected chi connectivity index (χ0v) is 14.9. The number of anilines is 1. The van der Waals surface area contributed by atoms with Gasteiger partial charge in [-0.1, -0.05) is 25.5 Å². The number of nitrogens with one attached hydrogen (secondary N) is 2. The van der Waals surface area contributed by atoms with Crippen molar-refractivity contribution in [1.82, 2.24) is 4.98 Å². The minimum Gasteiger partial charge on any atom is -0.408 e. The fraction of sp³-hybridized carbons (Fsp3) is 0.278. The zero-order chi connectivity index (χ0) is 18.0. The molecule has 132 valence electrons. The summed E-state index contributed by atoms with van der Waals surface area (Å²) in [5.41, 5.74) is 2.89. The Hall–Kier alpha value is -2.54. The summed E-state index contributed by atoms with van der Waals surface area (Å²) in [5, 5.41) is 0. The molecule has 0 saturated heterocycles. The van der Waals surface area contributed by atoms with Crippen LogP contribution in [0.5, 0.6) is 0 Å². The maximum absolute atomic E-state index is 12.7. The first-order valence-electron chi connectivity index (χ1n) is 8.14. The molecule has 0 aliphatic heterocycles. The molecule has 25 heavy (non-hydrogen) atoms. The third kappa shape index (κ3) is 3.76. The van der Waals surface area contributed by atoms with E-state index in [1.165, 1.54) is 11.6 Å². The number of unbranched alkanes of at least 4 members (excludes halogenated alkanes) is 1.